The molecule has 0 aliphatic carbocycles. The number of hydrogen-bond donors (Lipinski definition) is 3. The van der Waals surface area contributed by atoms with Crippen molar-refractivity contribution in [3.63, 3.8) is 0 Å². The first-order valence-electron chi connectivity index (χ1n) is 8.71. The SMILES string of the molecule is CC1(C)SCCN(S(=O)(=O)c2ccc(Oc3cc[nH]c(=O)c3)cc2)[C@H]1C(=O)NO. The number of carbonyl (C=O) groups excluding carboxylic acids is 1. The second kappa shape index (κ2) is 8.19. The van der Waals surface area contributed by atoms with Crippen molar-refractivity contribution >= 4 is 27.7 Å². The molecule has 11 heteroatoms. The smallest absolute Gasteiger partial charge is 0.263 e. The summed E-state index contributed by atoms with van der Waals surface area (Å²) in [4.78, 5) is 26.0. The van der Waals surface area contributed by atoms with Gasteiger partial charge in [-0.1, -0.05) is 0 Å². The van der Waals surface area contributed by atoms with Crippen molar-refractivity contribution in [1.82, 2.24) is 14.8 Å². The van der Waals surface area contributed by atoms with Crippen LogP contribution in [0.1, 0.15) is 13.8 Å². The highest BCUT2D eigenvalue weighted by Crippen LogP contribution is 2.38. The maximum absolute atomic E-state index is 13.2. The number of carbonyl (C=O) groups is 1. The Morgan fingerprint density at radius 1 is 1.28 bits per heavy atom. The standard InChI is InChI=1S/C18H21N3O6S2/c1-18(2)16(17(23)20-24)21(9-10-28-18)29(25,26)14-5-3-12(4-6-14)27-13-7-8-19-15(22)11-13/h3-8,11,16,24H,9-10H2,1-2H3,(H,19,22)(H,20,23)/t16-/m0/s1. The van der Waals surface area contributed by atoms with E-state index < -0.39 is 26.7 Å². The number of rotatable bonds is 5. The van der Waals surface area contributed by atoms with Gasteiger partial charge in [-0.05, 0) is 44.2 Å². The predicted molar refractivity (Wildman–Crippen MR) is 108 cm³/mol. The van der Waals surface area contributed by atoms with Crippen molar-refractivity contribution in [3.8, 4) is 11.5 Å². The summed E-state index contributed by atoms with van der Waals surface area (Å²) in [6.07, 6.45) is 1.44. The molecule has 1 saturated heterocycles. The number of thioether (sulfide) groups is 1. The number of H-pyrrole nitrogens is 1. The van der Waals surface area contributed by atoms with Gasteiger partial charge in [-0.3, -0.25) is 14.8 Å². The zero-order chi connectivity index (χ0) is 21.2. The highest BCUT2D eigenvalue weighted by atomic mass is 32.2. The van der Waals surface area contributed by atoms with Crippen LogP contribution in [0.5, 0.6) is 11.5 Å². The minimum atomic E-state index is -4.00. The lowest BCUT2D eigenvalue weighted by Crippen LogP contribution is -2.61. The van der Waals surface area contributed by atoms with Gasteiger partial charge in [0.15, 0.2) is 0 Å². The second-order valence-corrected chi connectivity index (χ2v) is 10.5. The largest absolute Gasteiger partial charge is 0.457 e. The minimum absolute atomic E-state index is 0.00537. The molecule has 2 heterocycles. The first kappa shape index (κ1) is 21.4. The molecule has 1 fully saturated rings. The van der Waals surface area contributed by atoms with E-state index in [1.165, 1.54) is 48.3 Å². The summed E-state index contributed by atoms with van der Waals surface area (Å²) in [5.74, 6) is 0.415. The first-order chi connectivity index (χ1) is 13.6. The third kappa shape index (κ3) is 4.47. The molecule has 9 nitrogen and oxygen atoms in total. The molecule has 0 bridgehead atoms. The Morgan fingerprint density at radius 3 is 2.59 bits per heavy atom. The van der Waals surface area contributed by atoms with Crippen LogP contribution in [-0.4, -0.2) is 51.9 Å². The lowest BCUT2D eigenvalue weighted by Gasteiger charge is -2.43. The van der Waals surface area contributed by atoms with Gasteiger partial charge in [-0.2, -0.15) is 16.1 Å². The van der Waals surface area contributed by atoms with Gasteiger partial charge >= 0.3 is 0 Å². The van der Waals surface area contributed by atoms with E-state index in [1.807, 2.05) is 0 Å². The molecule has 1 aromatic heterocycles. The van der Waals surface area contributed by atoms with Crippen molar-refractivity contribution in [2.24, 2.45) is 0 Å². The van der Waals surface area contributed by atoms with Crippen LogP contribution in [0.3, 0.4) is 0 Å². The second-order valence-electron chi connectivity index (χ2n) is 6.91. The summed E-state index contributed by atoms with van der Waals surface area (Å²) >= 11 is 1.47. The number of nitrogens with zero attached hydrogens (tertiary/aromatic N) is 1. The number of sulfonamides is 1. The summed E-state index contributed by atoms with van der Waals surface area (Å²) in [5, 5.41) is 9.10. The average molecular weight is 440 g/mol. The van der Waals surface area contributed by atoms with Crippen molar-refractivity contribution in [3.05, 3.63) is 52.9 Å². The third-order valence-electron chi connectivity index (χ3n) is 4.50. The molecule has 0 spiro atoms. The Hall–Kier alpha value is -2.34. The Labute approximate surface area is 172 Å². The van der Waals surface area contributed by atoms with Gasteiger partial charge in [-0.25, -0.2) is 13.9 Å². The number of ether oxygens (including phenoxy) is 1. The minimum Gasteiger partial charge on any atom is -0.457 e. The quantitative estimate of drug-likeness (QED) is 0.476. The number of pyridine rings is 1. The molecule has 1 aliphatic rings. The molecular formula is C18H21N3O6S2. The van der Waals surface area contributed by atoms with Gasteiger partial charge in [0.1, 0.15) is 17.5 Å². The molecule has 3 N–H and O–H groups in total. The van der Waals surface area contributed by atoms with E-state index in [4.69, 9.17) is 9.94 Å². The summed E-state index contributed by atoms with van der Waals surface area (Å²) in [6, 6.07) is 7.47. The average Bonchev–Trinajstić information content (AvgIpc) is 2.67. The molecule has 0 unspecified atom stereocenters. The van der Waals surface area contributed by atoms with E-state index in [1.54, 1.807) is 25.4 Å². The maximum Gasteiger partial charge on any atom is 0.263 e. The topological polar surface area (TPSA) is 129 Å². The summed E-state index contributed by atoms with van der Waals surface area (Å²) in [6.45, 7) is 3.66. The van der Waals surface area contributed by atoms with E-state index in [0.29, 0.717) is 17.3 Å². The maximum atomic E-state index is 13.2. The number of hydrogen-bond acceptors (Lipinski definition) is 7. The summed E-state index contributed by atoms with van der Waals surface area (Å²) < 4.78 is 32.3. The zero-order valence-corrected chi connectivity index (χ0v) is 17.4. The van der Waals surface area contributed by atoms with E-state index >= 15 is 0 Å². The number of benzene rings is 1. The molecule has 0 radical (unpaired) electrons. The number of hydroxylamine groups is 1. The van der Waals surface area contributed by atoms with Crippen LogP contribution < -0.4 is 15.8 Å². The number of nitrogens with one attached hydrogen (secondary N) is 2. The normalized spacial score (nSPS) is 19.5. The molecule has 1 atom stereocenters. The molecule has 1 amide bonds. The van der Waals surface area contributed by atoms with E-state index in [9.17, 15) is 18.0 Å². The van der Waals surface area contributed by atoms with Crippen LogP contribution in [-0.2, 0) is 14.8 Å². The Kier molecular flexibility index (Phi) is 6.03. The van der Waals surface area contributed by atoms with E-state index in [0.717, 1.165) is 4.31 Å². The molecule has 0 saturated carbocycles. The fraction of sp³-hybridized carbons (Fsp3) is 0.333. The van der Waals surface area contributed by atoms with Gasteiger partial charge < -0.3 is 9.72 Å². The molecular weight excluding hydrogens is 418 g/mol. The van der Waals surface area contributed by atoms with Gasteiger partial charge in [0.2, 0.25) is 10.0 Å². The van der Waals surface area contributed by atoms with Crippen LogP contribution in [0.25, 0.3) is 0 Å². The zero-order valence-electron chi connectivity index (χ0n) is 15.8. The van der Waals surface area contributed by atoms with E-state index in [2.05, 4.69) is 4.98 Å². The monoisotopic (exact) mass is 439 g/mol. The lowest BCUT2D eigenvalue weighted by atomic mass is 10.0. The first-order valence-corrected chi connectivity index (χ1v) is 11.1. The number of amides is 1. The fourth-order valence-electron chi connectivity index (χ4n) is 3.16. The van der Waals surface area contributed by atoms with Crippen molar-refractivity contribution in [2.45, 2.75) is 29.5 Å². The van der Waals surface area contributed by atoms with Crippen molar-refractivity contribution < 1.29 is 23.2 Å². The fourth-order valence-corrected chi connectivity index (χ4v) is 6.27. The van der Waals surface area contributed by atoms with Crippen molar-refractivity contribution in [1.29, 1.82) is 0 Å². The van der Waals surface area contributed by atoms with Gasteiger partial charge in [-0.15, -0.1) is 0 Å². The lowest BCUT2D eigenvalue weighted by molar-refractivity contribution is -0.134. The molecule has 156 valence electrons. The van der Waals surface area contributed by atoms with Crippen LogP contribution in [0.2, 0.25) is 0 Å². The number of aromatic nitrogens is 1. The summed E-state index contributed by atoms with van der Waals surface area (Å²) in [7, 11) is -4.00. The number of aromatic amines is 1. The van der Waals surface area contributed by atoms with Gasteiger partial charge in [0.25, 0.3) is 11.5 Å². The molecule has 1 aliphatic heterocycles. The van der Waals surface area contributed by atoms with E-state index in [-0.39, 0.29) is 17.0 Å². The van der Waals surface area contributed by atoms with Crippen LogP contribution in [0.15, 0.2) is 52.3 Å². The molecule has 2 aromatic rings. The van der Waals surface area contributed by atoms with Crippen molar-refractivity contribution in [2.75, 3.05) is 12.3 Å². The highest BCUT2D eigenvalue weighted by molar-refractivity contribution is 8.00. The van der Waals surface area contributed by atoms with Gasteiger partial charge in [0.05, 0.1) is 4.90 Å². The predicted octanol–water partition coefficient (Wildman–Crippen LogP) is 1.56. The van der Waals surface area contributed by atoms with Crippen LogP contribution in [0.4, 0.5) is 0 Å². The Bertz CT molecular complexity index is 1050. The Morgan fingerprint density at radius 2 is 1.97 bits per heavy atom. The Balaban J connectivity index is 1.88. The molecule has 3 rings (SSSR count). The molecule has 1 aromatic carbocycles. The third-order valence-corrected chi connectivity index (χ3v) is 7.74. The molecule has 29 heavy (non-hydrogen) atoms. The van der Waals surface area contributed by atoms with Gasteiger partial charge in [0, 0.05) is 29.3 Å². The summed E-state index contributed by atoms with van der Waals surface area (Å²) in [5.41, 5.74) is 1.26. The van der Waals surface area contributed by atoms with Crippen LogP contribution in [0, 0.1) is 0 Å². The van der Waals surface area contributed by atoms with Crippen LogP contribution >= 0.6 is 11.8 Å². The highest BCUT2D eigenvalue weighted by Gasteiger charge is 2.48.